The first-order valence-corrected chi connectivity index (χ1v) is 10.1. The maximum atomic E-state index is 12.9. The molecular weight excluding hydrogens is 370 g/mol. The van der Waals surface area contributed by atoms with Crippen LogP contribution in [0.25, 0.3) is 16.6 Å². The molecule has 5 nitrogen and oxygen atoms in total. The molecule has 0 unspecified atom stereocenters. The zero-order valence-electron chi connectivity index (χ0n) is 15.8. The minimum atomic E-state index is -0.174. The van der Waals surface area contributed by atoms with Gasteiger partial charge in [-0.15, -0.1) is 0 Å². The van der Waals surface area contributed by atoms with Crippen molar-refractivity contribution in [3.05, 3.63) is 69.2 Å². The highest BCUT2D eigenvalue weighted by atomic mass is 32.1. The molecule has 1 aliphatic rings. The highest BCUT2D eigenvalue weighted by Gasteiger charge is 2.23. The molecule has 1 amide bonds. The quantitative estimate of drug-likeness (QED) is 0.650. The van der Waals surface area contributed by atoms with Crippen LogP contribution in [0.3, 0.4) is 0 Å². The fourth-order valence-corrected chi connectivity index (χ4v) is 4.24. The highest BCUT2D eigenvalue weighted by molar-refractivity contribution is 7.71. The van der Waals surface area contributed by atoms with Gasteiger partial charge in [0.25, 0.3) is 11.5 Å². The molecule has 1 aliphatic carbocycles. The van der Waals surface area contributed by atoms with Gasteiger partial charge in [-0.25, -0.2) is 0 Å². The number of aromatic nitrogens is 2. The third-order valence-electron chi connectivity index (χ3n) is 5.62. The summed E-state index contributed by atoms with van der Waals surface area (Å²) in [5.74, 6) is 0.438. The average molecular weight is 394 g/mol. The number of rotatable bonds is 3. The number of carbonyl (C=O) groups is 1. The SMILES string of the molecule is C[C@@H]1CCCC[C@@H]1NC(=O)c1ccc(-n2c(=S)[nH]c3ccccc3c2=O)cc1. The molecule has 3 aromatic rings. The zero-order valence-corrected chi connectivity index (χ0v) is 16.6. The number of carbonyl (C=O) groups excluding carboxylic acids is 1. The number of fused-ring (bicyclic) bond motifs is 1. The molecule has 2 aromatic carbocycles. The predicted octanol–water partition coefficient (Wildman–Crippen LogP) is 4.36. The number of H-pyrrole nitrogens is 1. The van der Waals surface area contributed by atoms with Crippen molar-refractivity contribution in [1.29, 1.82) is 0 Å². The van der Waals surface area contributed by atoms with E-state index in [1.165, 1.54) is 11.0 Å². The van der Waals surface area contributed by atoms with Gasteiger partial charge in [-0.3, -0.25) is 14.2 Å². The Hall–Kier alpha value is -2.73. The number of nitrogens with zero attached hydrogens (tertiary/aromatic N) is 1. The fourth-order valence-electron chi connectivity index (χ4n) is 3.94. The van der Waals surface area contributed by atoms with Crippen LogP contribution in [0.5, 0.6) is 0 Å². The van der Waals surface area contributed by atoms with E-state index in [0.29, 0.717) is 32.8 Å². The lowest BCUT2D eigenvalue weighted by molar-refractivity contribution is 0.0910. The molecule has 4 rings (SSSR count). The van der Waals surface area contributed by atoms with Crippen LogP contribution in [0.1, 0.15) is 43.0 Å². The predicted molar refractivity (Wildman–Crippen MR) is 114 cm³/mol. The van der Waals surface area contributed by atoms with Gasteiger partial charge in [-0.05, 0) is 67.4 Å². The van der Waals surface area contributed by atoms with Gasteiger partial charge >= 0.3 is 0 Å². The van der Waals surface area contributed by atoms with Crippen molar-refractivity contribution in [1.82, 2.24) is 14.9 Å². The second-order valence-corrected chi connectivity index (χ2v) is 7.89. The van der Waals surface area contributed by atoms with Gasteiger partial charge in [0, 0.05) is 11.6 Å². The third kappa shape index (κ3) is 3.52. The van der Waals surface area contributed by atoms with Gasteiger partial charge in [0.05, 0.1) is 16.6 Å². The summed E-state index contributed by atoms with van der Waals surface area (Å²) in [5, 5.41) is 3.73. The topological polar surface area (TPSA) is 66.9 Å². The minimum Gasteiger partial charge on any atom is -0.349 e. The van der Waals surface area contributed by atoms with Crippen molar-refractivity contribution in [3.8, 4) is 5.69 Å². The normalized spacial score (nSPS) is 19.5. The molecule has 144 valence electrons. The standard InChI is InChI=1S/C22H23N3O2S/c1-14-6-2-4-8-18(14)23-20(26)15-10-12-16(13-11-15)25-21(27)17-7-3-5-9-19(17)24-22(25)28/h3,5,7,9-14,18H,2,4,6,8H2,1H3,(H,23,26)(H,24,28)/t14-,18+/m1/s1. The lowest BCUT2D eigenvalue weighted by Crippen LogP contribution is -2.41. The molecule has 0 bridgehead atoms. The Morgan fingerprint density at radius 3 is 2.57 bits per heavy atom. The first-order chi connectivity index (χ1) is 13.5. The van der Waals surface area contributed by atoms with Crippen molar-refractivity contribution in [2.24, 2.45) is 5.92 Å². The second kappa shape index (κ2) is 7.72. The van der Waals surface area contributed by atoms with Crippen molar-refractivity contribution in [2.45, 2.75) is 38.6 Å². The van der Waals surface area contributed by atoms with Crippen LogP contribution < -0.4 is 10.9 Å². The van der Waals surface area contributed by atoms with Crippen molar-refractivity contribution in [2.75, 3.05) is 0 Å². The van der Waals surface area contributed by atoms with Crippen molar-refractivity contribution in [3.63, 3.8) is 0 Å². The second-order valence-electron chi connectivity index (χ2n) is 7.50. The van der Waals surface area contributed by atoms with Crippen LogP contribution >= 0.6 is 12.2 Å². The maximum absolute atomic E-state index is 12.9. The van der Waals surface area contributed by atoms with E-state index in [0.717, 1.165) is 19.3 Å². The number of hydrogen-bond acceptors (Lipinski definition) is 3. The summed E-state index contributed by atoms with van der Waals surface area (Å²) < 4.78 is 1.79. The molecule has 0 spiro atoms. The number of nitrogens with one attached hydrogen (secondary N) is 2. The number of amides is 1. The summed E-state index contributed by atoms with van der Waals surface area (Å²) >= 11 is 5.38. The zero-order chi connectivity index (χ0) is 19.7. The summed E-state index contributed by atoms with van der Waals surface area (Å²) in [6, 6.07) is 14.5. The van der Waals surface area contributed by atoms with Gasteiger partial charge < -0.3 is 10.3 Å². The van der Waals surface area contributed by atoms with Gasteiger partial charge in [-0.1, -0.05) is 31.9 Å². The van der Waals surface area contributed by atoms with Crippen molar-refractivity contribution < 1.29 is 4.79 Å². The van der Waals surface area contributed by atoms with Gasteiger partial charge in [0.2, 0.25) is 0 Å². The molecule has 0 saturated heterocycles. The van der Waals surface area contributed by atoms with Gasteiger partial charge in [0.15, 0.2) is 4.77 Å². The lowest BCUT2D eigenvalue weighted by atomic mass is 9.86. The Kier molecular flexibility index (Phi) is 5.13. The van der Waals surface area contributed by atoms with E-state index in [1.807, 2.05) is 18.2 Å². The Bertz CT molecular complexity index is 1130. The molecule has 1 aromatic heterocycles. The molecule has 0 radical (unpaired) electrons. The van der Waals surface area contributed by atoms with E-state index in [4.69, 9.17) is 12.2 Å². The molecule has 2 N–H and O–H groups in total. The summed E-state index contributed by atoms with van der Waals surface area (Å²) in [5.41, 5.74) is 1.77. The highest BCUT2D eigenvalue weighted by Crippen LogP contribution is 2.24. The van der Waals surface area contributed by atoms with Crippen LogP contribution in [0.15, 0.2) is 53.3 Å². The van der Waals surface area contributed by atoms with Crippen LogP contribution in [0, 0.1) is 10.7 Å². The molecule has 1 heterocycles. The molecule has 1 fully saturated rings. The van der Waals surface area contributed by atoms with Crippen LogP contribution in [-0.2, 0) is 0 Å². The summed E-state index contributed by atoms with van der Waals surface area (Å²) in [6.45, 7) is 2.20. The molecule has 28 heavy (non-hydrogen) atoms. The molecule has 2 atom stereocenters. The largest absolute Gasteiger partial charge is 0.349 e. The molecule has 1 saturated carbocycles. The lowest BCUT2D eigenvalue weighted by Gasteiger charge is -2.29. The van der Waals surface area contributed by atoms with E-state index in [9.17, 15) is 9.59 Å². The first kappa shape index (κ1) is 18.6. The third-order valence-corrected chi connectivity index (χ3v) is 5.91. The van der Waals surface area contributed by atoms with E-state index >= 15 is 0 Å². The summed E-state index contributed by atoms with van der Waals surface area (Å²) in [6.07, 6.45) is 4.60. The number of benzene rings is 2. The van der Waals surface area contributed by atoms with E-state index < -0.39 is 0 Å². The maximum Gasteiger partial charge on any atom is 0.266 e. The Morgan fingerprint density at radius 2 is 1.82 bits per heavy atom. The summed E-state index contributed by atoms with van der Waals surface area (Å²) in [4.78, 5) is 28.6. The summed E-state index contributed by atoms with van der Waals surface area (Å²) in [7, 11) is 0. The van der Waals surface area contributed by atoms with E-state index in [1.54, 1.807) is 30.3 Å². The Labute approximate surface area is 168 Å². The number of hydrogen-bond donors (Lipinski definition) is 2. The smallest absolute Gasteiger partial charge is 0.266 e. The molecule has 0 aliphatic heterocycles. The van der Waals surface area contributed by atoms with Gasteiger partial charge in [0.1, 0.15) is 0 Å². The van der Waals surface area contributed by atoms with E-state index in [2.05, 4.69) is 17.2 Å². The van der Waals surface area contributed by atoms with E-state index in [-0.39, 0.29) is 17.5 Å². The first-order valence-electron chi connectivity index (χ1n) is 9.70. The average Bonchev–Trinajstić information content (AvgIpc) is 2.70. The minimum absolute atomic E-state index is 0.0682. The van der Waals surface area contributed by atoms with Gasteiger partial charge in [-0.2, -0.15) is 0 Å². The molecular formula is C22H23N3O2S. The number of para-hydroxylation sites is 1. The number of aromatic amines is 1. The van der Waals surface area contributed by atoms with Crippen LogP contribution in [-0.4, -0.2) is 21.5 Å². The Balaban J connectivity index is 1.62. The monoisotopic (exact) mass is 393 g/mol. The van der Waals surface area contributed by atoms with Crippen molar-refractivity contribution >= 4 is 29.0 Å². The van der Waals surface area contributed by atoms with Crippen LogP contribution in [0.2, 0.25) is 0 Å². The van der Waals surface area contributed by atoms with Crippen LogP contribution in [0.4, 0.5) is 0 Å². The fraction of sp³-hybridized carbons (Fsp3) is 0.318. The molecule has 6 heteroatoms. The Morgan fingerprint density at radius 1 is 1.11 bits per heavy atom.